The second-order valence-electron chi connectivity index (χ2n) is 31.5. The molecule has 0 amide bonds. The van der Waals surface area contributed by atoms with Gasteiger partial charge in [-0.15, -0.1) is 0 Å². The van der Waals surface area contributed by atoms with Gasteiger partial charge in [0.15, 0.2) is 0 Å². The van der Waals surface area contributed by atoms with Gasteiger partial charge in [0.05, 0.1) is 11.4 Å². The second kappa shape index (κ2) is 44.7. The molecule has 638 valence electrons. The summed E-state index contributed by atoms with van der Waals surface area (Å²) in [5.41, 5.74) is 31.0. The lowest BCUT2D eigenvalue weighted by Gasteiger charge is -2.27. The predicted octanol–water partition coefficient (Wildman–Crippen LogP) is 34.0. The molecule has 6 heteroatoms. The van der Waals surface area contributed by atoms with E-state index in [0.29, 0.717) is 6.71 Å². The third-order valence-corrected chi connectivity index (χ3v) is 22.9. The van der Waals surface area contributed by atoms with Crippen LogP contribution in [0.25, 0.3) is 43.8 Å². The summed E-state index contributed by atoms with van der Waals surface area (Å²) in [6.07, 6.45) is 0. The topological polar surface area (TPSA) is 16.2 Å². The second-order valence-corrected chi connectivity index (χ2v) is 31.5. The van der Waals surface area contributed by atoms with Crippen LogP contribution in [0.5, 0.6) is 0 Å². The van der Waals surface area contributed by atoms with Crippen LogP contribution < -0.4 is 40.9 Å². The van der Waals surface area contributed by atoms with E-state index in [1.807, 2.05) is 6.07 Å². The number of anilines is 15. The Morgan fingerprint density at radius 3 is 0.685 bits per heavy atom. The average molecular weight is 1690 g/mol. The molecule has 0 saturated heterocycles. The normalized spacial score (nSPS) is 10.4. The molecule has 0 atom stereocenters. The van der Waals surface area contributed by atoms with Crippen LogP contribution in [0.1, 0.15) is 52.0 Å². The van der Waals surface area contributed by atoms with E-state index >= 15 is 0 Å². The zero-order valence-corrected chi connectivity index (χ0v) is 71.5. The van der Waals surface area contributed by atoms with Crippen molar-refractivity contribution in [3.8, 4) is 22.3 Å². The summed E-state index contributed by atoms with van der Waals surface area (Å²) in [6, 6.07) is 185. The van der Waals surface area contributed by atoms with Crippen LogP contribution in [-0.2, 0) is 0 Å². The van der Waals surface area contributed by atoms with Crippen molar-refractivity contribution in [2.75, 3.05) is 24.5 Å². The van der Waals surface area contributed by atoms with E-state index in [1.165, 1.54) is 105 Å². The summed E-state index contributed by atoms with van der Waals surface area (Å²) >= 11 is 0. The lowest BCUT2D eigenvalue weighted by Crippen LogP contribution is -2.51. The fourth-order valence-corrected chi connectivity index (χ4v) is 16.6. The van der Waals surface area contributed by atoms with Crippen molar-refractivity contribution >= 4 is 130 Å². The zero-order valence-electron chi connectivity index (χ0n) is 71.5. The third-order valence-electron chi connectivity index (χ3n) is 22.9. The number of rotatable bonds is 20. The lowest BCUT2D eigenvalue weighted by molar-refractivity contribution is 1.25. The van der Waals surface area contributed by atoms with E-state index in [4.69, 9.17) is 0 Å². The van der Waals surface area contributed by atoms with Crippen molar-refractivity contribution in [3.63, 3.8) is 0 Å². The molecule has 0 aliphatic heterocycles. The predicted molar refractivity (Wildman–Crippen MR) is 568 cm³/mol. The van der Waals surface area contributed by atoms with Crippen molar-refractivity contribution in [2.24, 2.45) is 0 Å². The number of aryl methyl sites for hydroxylation is 4. The maximum absolute atomic E-state index is 2.34. The Kier molecular flexibility index (Phi) is 31.5. The van der Waals surface area contributed by atoms with Crippen molar-refractivity contribution in [1.29, 1.82) is 0 Å². The molecular weight excluding hydrogens is 1570 g/mol. The quantitative estimate of drug-likeness (QED) is 0.0705. The highest BCUT2D eigenvalue weighted by atomic mass is 15.2. The van der Waals surface area contributed by atoms with E-state index in [1.54, 1.807) is 0 Å². The molecule has 0 bridgehead atoms. The monoisotopic (exact) mass is 1680 g/mol. The van der Waals surface area contributed by atoms with Gasteiger partial charge < -0.3 is 24.5 Å². The highest BCUT2D eigenvalue weighted by molar-refractivity contribution is 6.95. The molecule has 0 unspecified atom stereocenters. The van der Waals surface area contributed by atoms with E-state index in [-0.39, 0.29) is 29.7 Å². The van der Waals surface area contributed by atoms with Crippen LogP contribution in [0.3, 0.4) is 0 Å². The molecule has 0 N–H and O–H groups in total. The van der Waals surface area contributed by atoms with E-state index in [9.17, 15) is 0 Å². The first-order valence-corrected chi connectivity index (χ1v) is 43.2. The van der Waals surface area contributed by atoms with Gasteiger partial charge in [-0.1, -0.05) is 415 Å². The van der Waals surface area contributed by atoms with Crippen molar-refractivity contribution in [3.05, 3.63) is 544 Å². The van der Waals surface area contributed by atoms with Crippen molar-refractivity contribution < 1.29 is 0 Å². The summed E-state index contributed by atoms with van der Waals surface area (Å²) in [7, 11) is 0. The minimum Gasteiger partial charge on any atom is -0.311 e. The Morgan fingerprint density at radius 1 is 0.154 bits per heavy atom. The number of para-hydroxylation sites is 6. The van der Waals surface area contributed by atoms with Crippen LogP contribution in [-0.4, -0.2) is 6.71 Å². The van der Waals surface area contributed by atoms with Crippen LogP contribution >= 0.6 is 0 Å². The van der Waals surface area contributed by atoms with Gasteiger partial charge in [-0.05, 0) is 236 Å². The Bertz CT molecular complexity index is 6500. The number of fused-ring (bicyclic) bond motifs is 2. The van der Waals surface area contributed by atoms with Gasteiger partial charge in [-0.2, -0.15) is 0 Å². The minimum atomic E-state index is 0. The number of hydrogen-bond acceptors (Lipinski definition) is 5. The summed E-state index contributed by atoms with van der Waals surface area (Å²) in [5.74, 6) is 0. The molecule has 0 heterocycles. The molecule has 0 aliphatic carbocycles. The standard InChI is InChI=1S/C44H32N2.C38H32N2.C20H19N.C18H15B.4CH4/c1-3-17-37(18-4-1)45(43-23-11-15-35-13-7-9-21-41(35)43)39-29-25-33(26-30-39)34-27-31-40(32-28-34)46(38-19-5-2-6-20-38)44-24-12-16-36-14-8-10-22-42(36)44;1-29-12-11-18-37(28-29)39(33-14-5-3-6-15-33)35-24-20-31(21-25-35)32-22-26-36(27-23-32)40(34-16-7-4-8-17-34)38-19-10-9-13-30(38)2;1-16-8-12-19(13-9-16)21(18-6-4-3-5-7-18)20-14-10-17(2)11-15-20;1-4-10-16(11-5-1)19(17-12-6-2-7-13-17)18-14-8-3-9-15-18;;;;/h1-32H;3-28H,1-2H3;3-15H,1-2H3;1-15H;4*1H4. The van der Waals surface area contributed by atoms with Gasteiger partial charge >= 0.3 is 0 Å². The first-order chi connectivity index (χ1) is 62.2. The Hall–Kier alpha value is -16.0. The fourth-order valence-electron chi connectivity index (χ4n) is 16.6. The highest BCUT2D eigenvalue weighted by Gasteiger charge is 2.23. The maximum atomic E-state index is 2.34. The fraction of sp³-hybridized carbons (Fsp3) is 0.0645. The van der Waals surface area contributed by atoms with Gasteiger partial charge in [-0.3, -0.25) is 0 Å². The molecule has 0 aromatic heterocycles. The lowest BCUT2D eigenvalue weighted by atomic mass is 9.37. The molecule has 0 saturated carbocycles. The van der Waals surface area contributed by atoms with Crippen LogP contribution in [0.4, 0.5) is 85.3 Å². The van der Waals surface area contributed by atoms with Gasteiger partial charge in [0, 0.05) is 84.7 Å². The van der Waals surface area contributed by atoms with E-state index in [0.717, 1.165) is 62.6 Å². The molecule has 20 aromatic carbocycles. The third kappa shape index (κ3) is 21.9. The highest BCUT2D eigenvalue weighted by Crippen LogP contribution is 2.45. The Morgan fingerprint density at radius 2 is 0.369 bits per heavy atom. The molecule has 5 nitrogen and oxygen atoms in total. The van der Waals surface area contributed by atoms with Crippen LogP contribution in [0.2, 0.25) is 0 Å². The first-order valence-electron chi connectivity index (χ1n) is 43.2. The van der Waals surface area contributed by atoms with Crippen molar-refractivity contribution in [1.82, 2.24) is 0 Å². The number of nitrogens with zero attached hydrogens (tertiary/aromatic N) is 5. The average Bonchev–Trinajstić information content (AvgIpc) is 0.770. The summed E-state index contributed by atoms with van der Waals surface area (Å²) < 4.78 is 0. The SMILES string of the molecule is C.C.C.C.Cc1ccc(N(c2ccccc2)c2ccc(C)cc2)cc1.Cc1cccc(N(c2ccccc2)c2ccc(-c3ccc(N(c4ccccc4)c4ccccc4C)cc3)cc2)c1.c1ccc(B(c2ccccc2)c2ccccc2)cc1.c1ccc(N(c2ccc(-c3ccc(N(c4ccccc4)c4cccc5ccccc45)cc3)cc2)c2cccc3ccccc23)cc1. The molecule has 0 fully saturated rings. The minimum absolute atomic E-state index is 0. The zero-order chi connectivity index (χ0) is 85.6. The first kappa shape index (κ1) is 91.7. The molecule has 0 radical (unpaired) electrons. The maximum Gasteiger partial charge on any atom is 0.241 e. The van der Waals surface area contributed by atoms with E-state index < -0.39 is 0 Å². The van der Waals surface area contributed by atoms with Crippen molar-refractivity contribution in [2.45, 2.75) is 57.4 Å². The number of benzene rings is 20. The summed E-state index contributed by atoms with van der Waals surface area (Å²) in [5, 5.41) is 4.90. The Labute approximate surface area is 772 Å². The smallest absolute Gasteiger partial charge is 0.241 e. The van der Waals surface area contributed by atoms with E-state index in [2.05, 4.69) is 568 Å². The molecule has 0 aliphatic rings. The molecule has 20 aromatic rings. The van der Waals surface area contributed by atoms with Crippen LogP contribution in [0.15, 0.2) is 522 Å². The summed E-state index contributed by atoms with van der Waals surface area (Å²) in [4.78, 5) is 11.6. The molecular formula is C124H114BN5. The number of hydrogen-bond donors (Lipinski definition) is 0. The molecule has 0 spiro atoms. The van der Waals surface area contributed by atoms with Gasteiger partial charge in [-0.25, -0.2) is 0 Å². The van der Waals surface area contributed by atoms with Gasteiger partial charge in [0.1, 0.15) is 0 Å². The molecule has 20 rings (SSSR count). The summed E-state index contributed by atoms with van der Waals surface area (Å²) in [6.45, 7) is 8.84. The van der Waals surface area contributed by atoms with Crippen LogP contribution in [0, 0.1) is 27.7 Å². The largest absolute Gasteiger partial charge is 0.311 e. The van der Waals surface area contributed by atoms with Gasteiger partial charge in [0.25, 0.3) is 0 Å². The molecule has 130 heavy (non-hydrogen) atoms. The Balaban J connectivity index is 0.000000155. The van der Waals surface area contributed by atoms with Gasteiger partial charge in [0.2, 0.25) is 6.71 Å².